The number of nitrogens with one attached hydrogen (secondary N) is 3. The van der Waals surface area contributed by atoms with Gasteiger partial charge in [0.05, 0.1) is 24.7 Å². The molecule has 0 amide bonds. The molecule has 0 saturated carbocycles. The summed E-state index contributed by atoms with van der Waals surface area (Å²) in [6, 6.07) is 12.5. The van der Waals surface area contributed by atoms with Crippen LogP contribution in [0, 0.1) is 10.1 Å². The molecule has 3 N–H and O–H groups in total. The van der Waals surface area contributed by atoms with E-state index in [0.717, 1.165) is 53.0 Å². The standard InChI is InChI=1S/C22H27N5O4/c1-23-22(25-14-15-6-4-8-17(10-15)27(28)29)24-9-5-7-16-11-19-20(26-16)12-18(30-2)13-21(19)31-3/h4,6,8,10-13,26H,5,7,9,14H2,1-3H3,(H2,23,24,25). The van der Waals surface area contributed by atoms with E-state index in [4.69, 9.17) is 9.47 Å². The summed E-state index contributed by atoms with van der Waals surface area (Å²) >= 11 is 0. The first kappa shape index (κ1) is 21.9. The number of rotatable bonds is 9. The normalized spacial score (nSPS) is 11.4. The van der Waals surface area contributed by atoms with Gasteiger partial charge in [-0.05, 0) is 24.5 Å². The van der Waals surface area contributed by atoms with Crippen molar-refractivity contribution in [2.24, 2.45) is 4.99 Å². The third kappa shape index (κ3) is 5.65. The Labute approximate surface area is 180 Å². The Bertz CT molecular complexity index is 1080. The van der Waals surface area contributed by atoms with Crippen LogP contribution in [0.25, 0.3) is 10.9 Å². The summed E-state index contributed by atoms with van der Waals surface area (Å²) < 4.78 is 10.8. The third-order valence-electron chi connectivity index (χ3n) is 4.91. The van der Waals surface area contributed by atoms with Crippen molar-refractivity contribution in [3.8, 4) is 11.5 Å². The number of methoxy groups -OCH3 is 2. The van der Waals surface area contributed by atoms with Gasteiger partial charge >= 0.3 is 0 Å². The lowest BCUT2D eigenvalue weighted by molar-refractivity contribution is -0.384. The van der Waals surface area contributed by atoms with E-state index in [0.29, 0.717) is 12.5 Å². The zero-order chi connectivity index (χ0) is 22.2. The molecule has 0 saturated heterocycles. The molecule has 1 heterocycles. The average Bonchev–Trinajstić information content (AvgIpc) is 3.20. The van der Waals surface area contributed by atoms with Gasteiger partial charge in [0.15, 0.2) is 5.96 Å². The molecule has 3 rings (SSSR count). The number of aliphatic imine (C=N–C) groups is 1. The van der Waals surface area contributed by atoms with Gasteiger partial charge in [0.2, 0.25) is 0 Å². The van der Waals surface area contributed by atoms with Crippen molar-refractivity contribution >= 4 is 22.5 Å². The molecule has 0 fully saturated rings. The van der Waals surface area contributed by atoms with Gasteiger partial charge in [0, 0.05) is 55.5 Å². The number of fused-ring (bicyclic) bond motifs is 1. The van der Waals surface area contributed by atoms with Crippen LogP contribution in [0.4, 0.5) is 5.69 Å². The van der Waals surface area contributed by atoms with Crippen LogP contribution < -0.4 is 20.1 Å². The monoisotopic (exact) mass is 425 g/mol. The Morgan fingerprint density at radius 1 is 1.16 bits per heavy atom. The highest BCUT2D eigenvalue weighted by atomic mass is 16.6. The van der Waals surface area contributed by atoms with Gasteiger partial charge in [-0.1, -0.05) is 12.1 Å². The SMILES string of the molecule is CN=C(NCCCc1cc2c(OC)cc(OC)cc2[nH]1)NCc1cccc([N+](=O)[O-])c1. The minimum absolute atomic E-state index is 0.0785. The van der Waals surface area contributed by atoms with Gasteiger partial charge in [-0.25, -0.2) is 0 Å². The average molecular weight is 425 g/mol. The van der Waals surface area contributed by atoms with Crippen molar-refractivity contribution in [1.29, 1.82) is 0 Å². The van der Waals surface area contributed by atoms with E-state index >= 15 is 0 Å². The van der Waals surface area contributed by atoms with Gasteiger partial charge in [0.1, 0.15) is 11.5 Å². The predicted molar refractivity (Wildman–Crippen MR) is 121 cm³/mol. The Hall–Kier alpha value is -3.75. The molecule has 31 heavy (non-hydrogen) atoms. The quantitative estimate of drug-likeness (QED) is 0.159. The number of nitrogens with zero attached hydrogens (tertiary/aromatic N) is 2. The van der Waals surface area contributed by atoms with Crippen molar-refractivity contribution in [2.75, 3.05) is 27.8 Å². The molecular weight excluding hydrogens is 398 g/mol. The van der Waals surface area contributed by atoms with Gasteiger partial charge < -0.3 is 25.1 Å². The van der Waals surface area contributed by atoms with Crippen LogP contribution in [0.15, 0.2) is 47.5 Å². The van der Waals surface area contributed by atoms with Crippen LogP contribution in [0.1, 0.15) is 17.7 Å². The Morgan fingerprint density at radius 3 is 2.71 bits per heavy atom. The summed E-state index contributed by atoms with van der Waals surface area (Å²) in [7, 11) is 4.98. The number of hydrogen-bond acceptors (Lipinski definition) is 5. The number of nitro groups is 1. The minimum Gasteiger partial charge on any atom is -0.497 e. The van der Waals surface area contributed by atoms with E-state index in [-0.39, 0.29) is 5.69 Å². The number of aromatic amines is 1. The lowest BCUT2D eigenvalue weighted by Crippen LogP contribution is -2.37. The van der Waals surface area contributed by atoms with Gasteiger partial charge in [0.25, 0.3) is 5.69 Å². The van der Waals surface area contributed by atoms with Crippen molar-refractivity contribution in [1.82, 2.24) is 15.6 Å². The Morgan fingerprint density at radius 2 is 2.00 bits per heavy atom. The summed E-state index contributed by atoms with van der Waals surface area (Å²) in [5.74, 6) is 2.17. The highest BCUT2D eigenvalue weighted by Crippen LogP contribution is 2.31. The Kier molecular flexibility index (Phi) is 7.31. The maximum atomic E-state index is 10.9. The molecule has 1 aromatic heterocycles. The fraction of sp³-hybridized carbons (Fsp3) is 0.318. The molecule has 0 aliphatic carbocycles. The van der Waals surface area contributed by atoms with E-state index < -0.39 is 4.92 Å². The van der Waals surface area contributed by atoms with Gasteiger partial charge in [-0.15, -0.1) is 0 Å². The number of aryl methyl sites for hydroxylation is 1. The first-order valence-corrected chi connectivity index (χ1v) is 9.95. The summed E-state index contributed by atoms with van der Waals surface area (Å²) in [5, 5.41) is 18.4. The molecule has 0 atom stereocenters. The van der Waals surface area contributed by atoms with Gasteiger partial charge in [-0.2, -0.15) is 0 Å². The van der Waals surface area contributed by atoms with Gasteiger partial charge in [-0.3, -0.25) is 15.1 Å². The number of ether oxygens (including phenoxy) is 2. The second kappa shape index (κ2) is 10.3. The molecule has 9 heteroatoms. The van der Waals surface area contributed by atoms with E-state index in [1.807, 2.05) is 18.2 Å². The molecule has 0 radical (unpaired) electrons. The molecule has 0 spiro atoms. The lowest BCUT2D eigenvalue weighted by atomic mass is 10.2. The summed E-state index contributed by atoms with van der Waals surface area (Å²) in [4.78, 5) is 18.1. The molecule has 0 bridgehead atoms. The first-order chi connectivity index (χ1) is 15.0. The summed E-state index contributed by atoms with van der Waals surface area (Å²) in [6.07, 6.45) is 1.75. The summed E-state index contributed by atoms with van der Waals surface area (Å²) in [5.41, 5.74) is 2.99. The fourth-order valence-electron chi connectivity index (χ4n) is 3.33. The largest absolute Gasteiger partial charge is 0.497 e. The van der Waals surface area contributed by atoms with Crippen LogP contribution in [0.3, 0.4) is 0 Å². The summed E-state index contributed by atoms with van der Waals surface area (Å²) in [6.45, 7) is 1.18. The van der Waals surface area contributed by atoms with Crippen LogP contribution in [-0.4, -0.2) is 43.7 Å². The highest BCUT2D eigenvalue weighted by molar-refractivity contribution is 5.88. The number of aromatic nitrogens is 1. The lowest BCUT2D eigenvalue weighted by Gasteiger charge is -2.11. The third-order valence-corrected chi connectivity index (χ3v) is 4.91. The van der Waals surface area contributed by atoms with Crippen molar-refractivity contribution in [3.05, 3.63) is 63.8 Å². The topological polar surface area (TPSA) is 114 Å². The molecule has 164 valence electrons. The number of nitro benzene ring substituents is 1. The van der Waals surface area contributed by atoms with E-state index in [2.05, 4.69) is 26.7 Å². The zero-order valence-electron chi connectivity index (χ0n) is 17.9. The van der Waals surface area contributed by atoms with Crippen molar-refractivity contribution in [2.45, 2.75) is 19.4 Å². The van der Waals surface area contributed by atoms with Crippen LogP contribution >= 0.6 is 0 Å². The first-order valence-electron chi connectivity index (χ1n) is 9.95. The molecule has 3 aromatic rings. The molecule has 2 aromatic carbocycles. The fourth-order valence-corrected chi connectivity index (χ4v) is 3.33. The number of non-ortho nitro benzene ring substituents is 1. The van der Waals surface area contributed by atoms with E-state index in [9.17, 15) is 10.1 Å². The second-order valence-corrected chi connectivity index (χ2v) is 6.97. The maximum absolute atomic E-state index is 10.9. The van der Waals surface area contributed by atoms with E-state index in [1.165, 1.54) is 6.07 Å². The van der Waals surface area contributed by atoms with E-state index in [1.54, 1.807) is 33.4 Å². The molecular formula is C22H27N5O4. The van der Waals surface area contributed by atoms with Crippen molar-refractivity contribution < 1.29 is 14.4 Å². The van der Waals surface area contributed by atoms with Crippen LogP contribution in [0.5, 0.6) is 11.5 Å². The molecule has 0 aliphatic rings. The highest BCUT2D eigenvalue weighted by Gasteiger charge is 2.09. The molecule has 9 nitrogen and oxygen atoms in total. The number of H-pyrrole nitrogens is 1. The maximum Gasteiger partial charge on any atom is 0.269 e. The molecule has 0 unspecified atom stereocenters. The number of hydrogen-bond donors (Lipinski definition) is 3. The smallest absolute Gasteiger partial charge is 0.269 e. The van der Waals surface area contributed by atoms with Crippen molar-refractivity contribution in [3.63, 3.8) is 0 Å². The number of guanidine groups is 1. The second-order valence-electron chi connectivity index (χ2n) is 6.97. The predicted octanol–water partition coefficient (Wildman–Crippen LogP) is 3.39. The van der Waals surface area contributed by atoms with Crippen LogP contribution in [-0.2, 0) is 13.0 Å². The van der Waals surface area contributed by atoms with Crippen LogP contribution in [0.2, 0.25) is 0 Å². The minimum atomic E-state index is -0.397. The molecule has 0 aliphatic heterocycles. The zero-order valence-corrected chi connectivity index (χ0v) is 17.9. The number of benzene rings is 2. The Balaban J connectivity index is 1.50.